The molecule has 1 heterocycles. The predicted octanol–water partition coefficient (Wildman–Crippen LogP) is 1.59. The van der Waals surface area contributed by atoms with Crippen molar-refractivity contribution in [2.45, 2.75) is 16.5 Å². The highest BCUT2D eigenvalue weighted by Crippen LogP contribution is 2.27. The molecule has 0 saturated carbocycles. The van der Waals surface area contributed by atoms with Crippen LogP contribution in [-0.2, 0) is 9.84 Å². The monoisotopic (exact) mass is 269 g/mol. The number of hydrogen-bond acceptors (Lipinski definition) is 4. The van der Waals surface area contributed by atoms with Gasteiger partial charge in [0.15, 0.2) is 0 Å². The van der Waals surface area contributed by atoms with Gasteiger partial charge < -0.3 is 5.73 Å². The fourth-order valence-electron chi connectivity index (χ4n) is 0.634. The maximum Gasteiger partial charge on any atom is 0.203 e. The van der Waals surface area contributed by atoms with E-state index in [1.807, 2.05) is 0 Å². The molecule has 1 atom stereocenters. The molecule has 1 unspecified atom stereocenters. The van der Waals surface area contributed by atoms with Crippen LogP contribution < -0.4 is 5.73 Å². The minimum absolute atomic E-state index is 0.310. The second-order valence-electron chi connectivity index (χ2n) is 2.31. The summed E-state index contributed by atoms with van der Waals surface area (Å²) in [7, 11) is -3.29. The van der Waals surface area contributed by atoms with Gasteiger partial charge in [0.25, 0.3) is 0 Å². The smallest absolute Gasteiger partial charge is 0.203 e. The fourth-order valence-corrected chi connectivity index (χ4v) is 3.89. The van der Waals surface area contributed by atoms with E-state index in [1.165, 1.54) is 18.3 Å². The number of hydrogen-bond donors (Lipinski definition) is 1. The Kier molecular flexibility index (Phi) is 2.92. The van der Waals surface area contributed by atoms with Gasteiger partial charge in [-0.1, -0.05) is 0 Å². The fraction of sp³-hybridized carbons (Fsp3) is 0.333. The first-order valence-corrected chi connectivity index (χ1v) is 6.35. The highest BCUT2D eigenvalue weighted by Gasteiger charge is 2.21. The van der Waals surface area contributed by atoms with E-state index in [9.17, 15) is 8.42 Å². The van der Waals surface area contributed by atoms with E-state index in [-0.39, 0.29) is 0 Å². The summed E-state index contributed by atoms with van der Waals surface area (Å²) in [6.07, 6.45) is 0. The minimum atomic E-state index is -3.29. The second-order valence-corrected chi connectivity index (χ2v) is 7.30. The molecule has 6 heteroatoms. The standard InChI is InChI=1S/C6H8BrNO2S2/c1-4(8)12(9,10)6-3-2-5(7)11-6/h2-4H,8H2,1H3. The van der Waals surface area contributed by atoms with Crippen molar-refractivity contribution in [2.24, 2.45) is 5.73 Å². The molecule has 1 aromatic heterocycles. The van der Waals surface area contributed by atoms with E-state index >= 15 is 0 Å². The van der Waals surface area contributed by atoms with Crippen molar-refractivity contribution in [3.05, 3.63) is 15.9 Å². The first-order chi connectivity index (χ1) is 5.44. The largest absolute Gasteiger partial charge is 0.315 e. The van der Waals surface area contributed by atoms with Crippen molar-refractivity contribution in [3.8, 4) is 0 Å². The molecule has 3 nitrogen and oxygen atoms in total. The van der Waals surface area contributed by atoms with E-state index < -0.39 is 15.2 Å². The molecule has 0 saturated heterocycles. The molecule has 12 heavy (non-hydrogen) atoms. The van der Waals surface area contributed by atoms with E-state index in [0.29, 0.717) is 4.21 Å². The molecule has 1 rings (SSSR count). The first-order valence-electron chi connectivity index (χ1n) is 3.19. The summed E-state index contributed by atoms with van der Waals surface area (Å²) in [6, 6.07) is 3.24. The lowest BCUT2D eigenvalue weighted by molar-refractivity contribution is 0.587. The van der Waals surface area contributed by atoms with Crippen LogP contribution in [0.2, 0.25) is 0 Å². The maximum atomic E-state index is 11.4. The lowest BCUT2D eigenvalue weighted by Gasteiger charge is -2.03. The zero-order valence-electron chi connectivity index (χ0n) is 6.32. The molecule has 68 valence electrons. The van der Waals surface area contributed by atoms with E-state index in [4.69, 9.17) is 5.73 Å². The third-order valence-corrected chi connectivity index (χ3v) is 5.36. The highest BCUT2D eigenvalue weighted by atomic mass is 79.9. The van der Waals surface area contributed by atoms with Crippen LogP contribution in [0.5, 0.6) is 0 Å². The molecule has 2 N–H and O–H groups in total. The average molecular weight is 270 g/mol. The third-order valence-electron chi connectivity index (χ3n) is 1.32. The normalized spacial score (nSPS) is 14.6. The van der Waals surface area contributed by atoms with Crippen LogP contribution in [0, 0.1) is 0 Å². The molecular formula is C6H8BrNO2S2. The number of rotatable bonds is 2. The summed E-state index contributed by atoms with van der Waals surface area (Å²) in [6.45, 7) is 1.46. The quantitative estimate of drug-likeness (QED) is 0.887. The average Bonchev–Trinajstić information content (AvgIpc) is 2.35. The van der Waals surface area contributed by atoms with Gasteiger partial charge in [0.1, 0.15) is 9.58 Å². The van der Waals surface area contributed by atoms with Gasteiger partial charge in [-0.05, 0) is 35.0 Å². The van der Waals surface area contributed by atoms with Gasteiger partial charge in [0, 0.05) is 0 Å². The van der Waals surface area contributed by atoms with Crippen molar-refractivity contribution in [1.82, 2.24) is 0 Å². The summed E-state index contributed by atoms with van der Waals surface area (Å²) >= 11 is 4.36. The SMILES string of the molecule is CC(N)S(=O)(=O)c1ccc(Br)s1. The Morgan fingerprint density at radius 2 is 2.17 bits per heavy atom. The van der Waals surface area contributed by atoms with Crippen LogP contribution in [0.15, 0.2) is 20.1 Å². The van der Waals surface area contributed by atoms with Crippen LogP contribution in [0.25, 0.3) is 0 Å². The van der Waals surface area contributed by atoms with Crippen molar-refractivity contribution in [1.29, 1.82) is 0 Å². The van der Waals surface area contributed by atoms with Crippen LogP contribution in [0.4, 0.5) is 0 Å². The van der Waals surface area contributed by atoms with Gasteiger partial charge in [0.05, 0.1) is 3.79 Å². The molecule has 1 aromatic rings. The second kappa shape index (κ2) is 3.45. The minimum Gasteiger partial charge on any atom is -0.315 e. The van der Waals surface area contributed by atoms with Crippen LogP contribution in [0.3, 0.4) is 0 Å². The molecule has 0 aliphatic carbocycles. The summed E-state index contributed by atoms with van der Waals surface area (Å²) in [5.74, 6) is 0. The zero-order chi connectivity index (χ0) is 9.35. The van der Waals surface area contributed by atoms with E-state index in [2.05, 4.69) is 15.9 Å². The van der Waals surface area contributed by atoms with Crippen molar-refractivity contribution >= 4 is 37.1 Å². The number of halogens is 1. The Labute approximate surface area is 83.6 Å². The zero-order valence-corrected chi connectivity index (χ0v) is 9.54. The summed E-state index contributed by atoms with van der Waals surface area (Å²) in [5.41, 5.74) is 5.31. The molecule has 0 radical (unpaired) electrons. The Morgan fingerprint density at radius 1 is 1.58 bits per heavy atom. The van der Waals surface area contributed by atoms with Gasteiger partial charge in [-0.25, -0.2) is 8.42 Å². The summed E-state index contributed by atoms with van der Waals surface area (Å²) in [5, 5.41) is -0.844. The molecule has 0 bridgehead atoms. The molecule has 0 amide bonds. The van der Waals surface area contributed by atoms with Crippen molar-refractivity contribution in [3.63, 3.8) is 0 Å². The Morgan fingerprint density at radius 3 is 2.50 bits per heavy atom. The van der Waals surface area contributed by atoms with Gasteiger partial charge in [0.2, 0.25) is 9.84 Å². The number of sulfone groups is 1. The highest BCUT2D eigenvalue weighted by molar-refractivity contribution is 9.11. The van der Waals surface area contributed by atoms with Crippen molar-refractivity contribution in [2.75, 3.05) is 0 Å². The Balaban J connectivity index is 3.15. The Bertz CT molecular complexity index is 369. The van der Waals surface area contributed by atoms with Crippen LogP contribution in [-0.4, -0.2) is 13.8 Å². The molecule has 0 aliphatic heterocycles. The number of thiophene rings is 1. The topological polar surface area (TPSA) is 60.2 Å². The molecular weight excluding hydrogens is 262 g/mol. The molecule has 0 aromatic carbocycles. The number of nitrogens with two attached hydrogens (primary N) is 1. The van der Waals surface area contributed by atoms with Crippen LogP contribution in [0.1, 0.15) is 6.92 Å². The lowest BCUT2D eigenvalue weighted by atomic mass is 10.7. The third kappa shape index (κ3) is 1.87. The van der Waals surface area contributed by atoms with Gasteiger partial charge >= 0.3 is 0 Å². The van der Waals surface area contributed by atoms with E-state index in [0.717, 1.165) is 3.79 Å². The van der Waals surface area contributed by atoms with Gasteiger partial charge in [-0.15, -0.1) is 11.3 Å². The Hall–Kier alpha value is 0.0900. The van der Waals surface area contributed by atoms with E-state index in [1.54, 1.807) is 12.1 Å². The van der Waals surface area contributed by atoms with Crippen molar-refractivity contribution < 1.29 is 8.42 Å². The lowest BCUT2D eigenvalue weighted by Crippen LogP contribution is -2.26. The molecule has 0 fully saturated rings. The maximum absolute atomic E-state index is 11.4. The molecule has 0 aliphatic rings. The summed E-state index contributed by atoms with van der Waals surface area (Å²) in [4.78, 5) is 0. The van der Waals surface area contributed by atoms with Crippen LogP contribution >= 0.6 is 27.3 Å². The van der Waals surface area contributed by atoms with Gasteiger partial charge in [-0.3, -0.25) is 0 Å². The van der Waals surface area contributed by atoms with Gasteiger partial charge in [-0.2, -0.15) is 0 Å². The summed E-state index contributed by atoms with van der Waals surface area (Å²) < 4.78 is 23.9. The predicted molar refractivity (Wildman–Crippen MR) is 52.9 cm³/mol. The molecule has 0 spiro atoms. The first kappa shape index (κ1) is 10.2.